The molecule has 0 aliphatic rings. The SMILES string of the molecule is COc1cc(/C=N/n2c(-c3ccccn3)n[nH]c2=S)ccc1O. The number of nitrogens with zero attached hydrogens (tertiary/aromatic N) is 4. The van der Waals surface area contributed by atoms with Crippen molar-refractivity contribution < 1.29 is 9.84 Å². The van der Waals surface area contributed by atoms with Crippen molar-refractivity contribution >= 4 is 18.4 Å². The third-order valence-corrected chi connectivity index (χ3v) is 3.33. The van der Waals surface area contributed by atoms with Crippen molar-refractivity contribution in [1.82, 2.24) is 19.9 Å². The molecule has 0 fully saturated rings. The van der Waals surface area contributed by atoms with Crippen molar-refractivity contribution in [2.24, 2.45) is 5.10 Å². The van der Waals surface area contributed by atoms with Gasteiger partial charge in [-0.1, -0.05) is 6.07 Å². The average Bonchev–Trinajstić information content (AvgIpc) is 2.95. The van der Waals surface area contributed by atoms with Crippen LogP contribution in [0.1, 0.15) is 5.56 Å². The first kappa shape index (κ1) is 14.9. The van der Waals surface area contributed by atoms with E-state index in [2.05, 4.69) is 20.3 Å². The summed E-state index contributed by atoms with van der Waals surface area (Å²) in [4.78, 5) is 4.24. The van der Waals surface area contributed by atoms with Crippen LogP contribution in [0.2, 0.25) is 0 Å². The molecule has 0 amide bonds. The number of hydrogen-bond acceptors (Lipinski definition) is 6. The van der Waals surface area contributed by atoms with E-state index in [0.717, 1.165) is 5.56 Å². The number of nitrogens with one attached hydrogen (secondary N) is 1. The Kier molecular flexibility index (Phi) is 4.15. The zero-order chi connectivity index (χ0) is 16.2. The standard InChI is InChI=1S/C15H13N5O2S/c1-22-13-8-10(5-6-12(13)21)9-17-20-14(18-19-15(20)23)11-4-2-3-7-16-11/h2-9,21H,1H3,(H,19,23)/b17-9+. The summed E-state index contributed by atoms with van der Waals surface area (Å²) < 4.78 is 6.91. The zero-order valence-electron chi connectivity index (χ0n) is 12.2. The Labute approximate surface area is 136 Å². The van der Waals surface area contributed by atoms with E-state index in [1.165, 1.54) is 17.9 Å². The maximum Gasteiger partial charge on any atom is 0.216 e. The molecule has 0 saturated heterocycles. The molecule has 0 saturated carbocycles. The van der Waals surface area contributed by atoms with Gasteiger partial charge in [0, 0.05) is 6.20 Å². The van der Waals surface area contributed by atoms with Crippen LogP contribution in [0.25, 0.3) is 11.5 Å². The number of aromatic hydroxyl groups is 1. The van der Waals surface area contributed by atoms with Crippen molar-refractivity contribution in [3.8, 4) is 23.0 Å². The predicted molar refractivity (Wildman–Crippen MR) is 88.3 cm³/mol. The number of methoxy groups -OCH3 is 1. The van der Waals surface area contributed by atoms with Crippen LogP contribution in [0.4, 0.5) is 0 Å². The van der Waals surface area contributed by atoms with Crippen LogP contribution >= 0.6 is 12.2 Å². The molecule has 0 unspecified atom stereocenters. The summed E-state index contributed by atoms with van der Waals surface area (Å²) >= 11 is 5.20. The van der Waals surface area contributed by atoms with Crippen molar-refractivity contribution in [1.29, 1.82) is 0 Å². The summed E-state index contributed by atoms with van der Waals surface area (Å²) in [6, 6.07) is 10.4. The first-order valence-corrected chi connectivity index (χ1v) is 7.10. The van der Waals surface area contributed by atoms with Gasteiger partial charge in [0.25, 0.3) is 0 Å². The summed E-state index contributed by atoms with van der Waals surface area (Å²) in [5, 5.41) is 20.8. The second kappa shape index (κ2) is 6.41. The molecule has 7 nitrogen and oxygen atoms in total. The number of phenolic OH excluding ortho intramolecular Hbond substituents is 1. The highest BCUT2D eigenvalue weighted by Gasteiger charge is 2.08. The Bertz CT molecular complexity index is 902. The largest absolute Gasteiger partial charge is 0.504 e. The number of phenols is 1. The number of benzene rings is 1. The zero-order valence-corrected chi connectivity index (χ0v) is 13.0. The maximum atomic E-state index is 9.61. The Morgan fingerprint density at radius 1 is 1.35 bits per heavy atom. The van der Waals surface area contributed by atoms with E-state index >= 15 is 0 Å². The van der Waals surface area contributed by atoms with Crippen LogP contribution < -0.4 is 4.74 Å². The van der Waals surface area contributed by atoms with E-state index in [9.17, 15) is 5.11 Å². The van der Waals surface area contributed by atoms with Gasteiger partial charge in [0.15, 0.2) is 11.5 Å². The molecule has 2 N–H and O–H groups in total. The molecule has 1 aromatic carbocycles. The number of hydrogen-bond donors (Lipinski definition) is 2. The van der Waals surface area contributed by atoms with Gasteiger partial charge in [-0.15, -0.1) is 0 Å². The Hall–Kier alpha value is -3.00. The van der Waals surface area contributed by atoms with Crippen LogP contribution in [-0.4, -0.2) is 38.3 Å². The van der Waals surface area contributed by atoms with Crippen LogP contribution in [0, 0.1) is 4.77 Å². The summed E-state index contributed by atoms with van der Waals surface area (Å²) in [5.41, 5.74) is 1.40. The molecule has 0 bridgehead atoms. The third-order valence-electron chi connectivity index (χ3n) is 3.07. The van der Waals surface area contributed by atoms with Gasteiger partial charge < -0.3 is 9.84 Å². The summed E-state index contributed by atoms with van der Waals surface area (Å²) in [6.07, 6.45) is 3.27. The fraction of sp³-hybridized carbons (Fsp3) is 0.0667. The first-order valence-electron chi connectivity index (χ1n) is 6.69. The first-order chi connectivity index (χ1) is 11.2. The smallest absolute Gasteiger partial charge is 0.216 e. The van der Waals surface area contributed by atoms with E-state index in [1.807, 2.05) is 18.2 Å². The highest BCUT2D eigenvalue weighted by atomic mass is 32.1. The van der Waals surface area contributed by atoms with E-state index in [0.29, 0.717) is 22.0 Å². The highest BCUT2D eigenvalue weighted by Crippen LogP contribution is 2.25. The van der Waals surface area contributed by atoms with Gasteiger partial charge >= 0.3 is 0 Å². The van der Waals surface area contributed by atoms with Gasteiger partial charge in [-0.2, -0.15) is 14.9 Å². The Morgan fingerprint density at radius 2 is 2.22 bits per heavy atom. The monoisotopic (exact) mass is 327 g/mol. The molecule has 3 aromatic rings. The van der Waals surface area contributed by atoms with Gasteiger partial charge in [-0.25, -0.2) is 5.10 Å². The summed E-state index contributed by atoms with van der Waals surface area (Å²) in [7, 11) is 1.49. The average molecular weight is 327 g/mol. The fourth-order valence-corrected chi connectivity index (χ4v) is 2.14. The number of ether oxygens (including phenoxy) is 1. The predicted octanol–water partition coefficient (Wildman–Crippen LogP) is 2.60. The molecular formula is C15H13N5O2S. The number of H-pyrrole nitrogens is 1. The van der Waals surface area contributed by atoms with Crippen molar-refractivity contribution in [2.45, 2.75) is 0 Å². The van der Waals surface area contributed by atoms with Crippen LogP contribution in [0.3, 0.4) is 0 Å². The molecule has 0 atom stereocenters. The lowest BCUT2D eigenvalue weighted by atomic mass is 10.2. The topological polar surface area (TPSA) is 88.3 Å². The van der Waals surface area contributed by atoms with Gasteiger partial charge in [0.2, 0.25) is 10.6 Å². The molecule has 2 aromatic heterocycles. The Balaban J connectivity index is 1.98. The maximum absolute atomic E-state index is 9.61. The minimum absolute atomic E-state index is 0.0683. The van der Waals surface area contributed by atoms with Gasteiger partial charge in [0.05, 0.1) is 13.3 Å². The van der Waals surface area contributed by atoms with Crippen molar-refractivity contribution in [3.05, 3.63) is 52.9 Å². The minimum Gasteiger partial charge on any atom is -0.504 e. The normalized spacial score (nSPS) is 11.0. The lowest BCUT2D eigenvalue weighted by Crippen LogP contribution is -1.96. The lowest BCUT2D eigenvalue weighted by Gasteiger charge is -2.03. The molecule has 23 heavy (non-hydrogen) atoms. The van der Waals surface area contributed by atoms with Crippen LogP contribution in [0.5, 0.6) is 11.5 Å². The molecule has 8 heteroatoms. The molecule has 0 radical (unpaired) electrons. The van der Waals surface area contributed by atoms with Crippen LogP contribution in [-0.2, 0) is 0 Å². The van der Waals surface area contributed by atoms with E-state index in [1.54, 1.807) is 24.5 Å². The number of pyridine rings is 1. The Morgan fingerprint density at radius 3 is 2.96 bits per heavy atom. The third kappa shape index (κ3) is 3.11. The highest BCUT2D eigenvalue weighted by molar-refractivity contribution is 7.71. The molecule has 3 rings (SSSR count). The van der Waals surface area contributed by atoms with E-state index in [-0.39, 0.29) is 5.75 Å². The second-order valence-corrected chi connectivity index (χ2v) is 4.94. The summed E-state index contributed by atoms with van der Waals surface area (Å²) in [6.45, 7) is 0. The van der Waals surface area contributed by atoms with Gasteiger partial charge in [-0.3, -0.25) is 4.98 Å². The van der Waals surface area contributed by atoms with E-state index < -0.39 is 0 Å². The quantitative estimate of drug-likeness (QED) is 0.568. The lowest BCUT2D eigenvalue weighted by molar-refractivity contribution is 0.373. The molecule has 116 valence electrons. The molecule has 0 spiro atoms. The minimum atomic E-state index is 0.0683. The van der Waals surface area contributed by atoms with Gasteiger partial charge in [0.1, 0.15) is 5.69 Å². The van der Waals surface area contributed by atoms with Crippen molar-refractivity contribution in [3.63, 3.8) is 0 Å². The van der Waals surface area contributed by atoms with Gasteiger partial charge in [-0.05, 0) is 48.1 Å². The molecular weight excluding hydrogens is 314 g/mol. The number of rotatable bonds is 4. The molecule has 2 heterocycles. The number of aromatic amines is 1. The molecule has 0 aliphatic heterocycles. The van der Waals surface area contributed by atoms with Crippen LogP contribution in [0.15, 0.2) is 47.7 Å². The van der Waals surface area contributed by atoms with Crippen molar-refractivity contribution in [2.75, 3.05) is 7.11 Å². The second-order valence-electron chi connectivity index (χ2n) is 4.56. The van der Waals surface area contributed by atoms with E-state index in [4.69, 9.17) is 17.0 Å². The summed E-state index contributed by atoms with van der Waals surface area (Å²) in [5.74, 6) is 0.950. The molecule has 0 aliphatic carbocycles. The number of aromatic nitrogens is 4. The fourth-order valence-electron chi connectivity index (χ4n) is 1.96.